The largest absolute Gasteiger partial charge is 0.479 e. The average molecular weight is 287 g/mol. The number of amides is 2. The van der Waals surface area contributed by atoms with Gasteiger partial charge >= 0.3 is 6.03 Å². The van der Waals surface area contributed by atoms with Gasteiger partial charge in [0, 0.05) is 12.2 Å². The molecule has 1 aromatic heterocycles. The number of carbonyl (C=O) groups is 1. The van der Waals surface area contributed by atoms with Gasteiger partial charge in [-0.3, -0.25) is 4.98 Å². The van der Waals surface area contributed by atoms with Gasteiger partial charge in [-0.2, -0.15) is 0 Å². The highest BCUT2D eigenvalue weighted by atomic mass is 16.5. The zero-order valence-electron chi connectivity index (χ0n) is 12.1. The molecule has 0 atom stereocenters. The van der Waals surface area contributed by atoms with Gasteiger partial charge in [0.25, 0.3) is 0 Å². The van der Waals surface area contributed by atoms with Gasteiger partial charge in [-0.1, -0.05) is 31.1 Å². The fourth-order valence-electron chi connectivity index (χ4n) is 2.27. The zero-order valence-corrected chi connectivity index (χ0v) is 12.1. The van der Waals surface area contributed by atoms with Crippen molar-refractivity contribution in [3.05, 3.63) is 24.5 Å². The maximum absolute atomic E-state index is 11.6. The Morgan fingerprint density at radius 2 is 2.19 bits per heavy atom. The quantitative estimate of drug-likeness (QED) is 0.834. The van der Waals surface area contributed by atoms with Crippen molar-refractivity contribution >= 4 is 6.03 Å². The summed E-state index contributed by atoms with van der Waals surface area (Å²) in [5.74, 6) is 6.40. The van der Waals surface area contributed by atoms with E-state index in [2.05, 4.69) is 27.5 Å². The van der Waals surface area contributed by atoms with Crippen LogP contribution in [-0.4, -0.2) is 30.2 Å². The first-order valence-electron chi connectivity index (χ1n) is 7.37. The minimum Gasteiger partial charge on any atom is -0.479 e. The lowest BCUT2D eigenvalue weighted by molar-refractivity contribution is 0.234. The molecule has 5 heteroatoms. The van der Waals surface area contributed by atoms with E-state index in [1.54, 1.807) is 18.5 Å². The summed E-state index contributed by atoms with van der Waals surface area (Å²) in [6.07, 6.45) is 9.18. The Hall–Kier alpha value is -2.22. The Morgan fingerprint density at radius 1 is 1.33 bits per heavy atom. The molecule has 5 nitrogen and oxygen atoms in total. The summed E-state index contributed by atoms with van der Waals surface area (Å²) in [5.41, 5.74) is 0. The van der Waals surface area contributed by atoms with Crippen molar-refractivity contribution in [2.75, 3.05) is 13.2 Å². The predicted octanol–water partition coefficient (Wildman–Crippen LogP) is 2.10. The molecule has 1 saturated carbocycles. The van der Waals surface area contributed by atoms with Crippen LogP contribution in [0.25, 0.3) is 0 Å². The van der Waals surface area contributed by atoms with Crippen LogP contribution in [0.5, 0.6) is 5.75 Å². The number of ether oxygens (including phenoxy) is 1. The lowest BCUT2D eigenvalue weighted by Crippen LogP contribution is -2.42. The first-order valence-corrected chi connectivity index (χ1v) is 7.37. The van der Waals surface area contributed by atoms with Gasteiger partial charge < -0.3 is 15.4 Å². The second-order valence-electron chi connectivity index (χ2n) is 4.99. The van der Waals surface area contributed by atoms with Gasteiger partial charge in [0.1, 0.15) is 12.4 Å². The third kappa shape index (κ3) is 6.17. The van der Waals surface area contributed by atoms with Gasteiger partial charge in [-0.05, 0) is 25.0 Å². The fourth-order valence-corrected chi connectivity index (χ4v) is 2.27. The van der Waals surface area contributed by atoms with E-state index < -0.39 is 0 Å². The molecule has 1 heterocycles. The van der Waals surface area contributed by atoms with Gasteiger partial charge in [0.2, 0.25) is 0 Å². The van der Waals surface area contributed by atoms with E-state index >= 15 is 0 Å². The molecule has 1 aromatic rings. The minimum atomic E-state index is -0.135. The summed E-state index contributed by atoms with van der Waals surface area (Å²) in [6, 6.07) is 3.81. The van der Waals surface area contributed by atoms with E-state index in [9.17, 15) is 4.79 Å². The van der Waals surface area contributed by atoms with Crippen LogP contribution in [0.1, 0.15) is 32.1 Å². The zero-order chi connectivity index (χ0) is 14.8. The van der Waals surface area contributed by atoms with E-state index in [0.29, 0.717) is 18.3 Å². The molecule has 0 aliphatic heterocycles. The number of nitrogens with zero attached hydrogens (tertiary/aromatic N) is 1. The normalized spacial score (nSPS) is 14.7. The molecule has 112 valence electrons. The summed E-state index contributed by atoms with van der Waals surface area (Å²) >= 11 is 0. The van der Waals surface area contributed by atoms with Crippen LogP contribution < -0.4 is 15.4 Å². The molecule has 2 N–H and O–H groups in total. The van der Waals surface area contributed by atoms with Gasteiger partial charge in [0.15, 0.2) is 0 Å². The minimum absolute atomic E-state index is 0.135. The van der Waals surface area contributed by atoms with E-state index in [1.807, 2.05) is 6.07 Å². The molecule has 1 aliphatic rings. The van der Waals surface area contributed by atoms with Crippen molar-refractivity contribution in [2.24, 2.45) is 0 Å². The highest BCUT2D eigenvalue weighted by molar-refractivity contribution is 5.74. The van der Waals surface area contributed by atoms with Crippen LogP contribution in [0.2, 0.25) is 0 Å². The molecular weight excluding hydrogens is 266 g/mol. The van der Waals surface area contributed by atoms with Crippen molar-refractivity contribution < 1.29 is 9.53 Å². The number of urea groups is 1. The van der Waals surface area contributed by atoms with Crippen LogP contribution in [0.3, 0.4) is 0 Å². The third-order valence-corrected chi connectivity index (χ3v) is 3.35. The summed E-state index contributed by atoms with van der Waals surface area (Å²) in [4.78, 5) is 15.6. The van der Waals surface area contributed by atoms with E-state index in [4.69, 9.17) is 4.74 Å². The number of hydrogen-bond donors (Lipinski definition) is 2. The number of pyridine rings is 1. The molecule has 0 aromatic carbocycles. The summed E-state index contributed by atoms with van der Waals surface area (Å²) in [5, 5.41) is 5.72. The molecule has 0 spiro atoms. The lowest BCUT2D eigenvalue weighted by Gasteiger charge is -2.22. The second-order valence-corrected chi connectivity index (χ2v) is 4.99. The second kappa shape index (κ2) is 8.85. The van der Waals surface area contributed by atoms with E-state index in [-0.39, 0.29) is 12.6 Å². The molecule has 0 radical (unpaired) electrons. The van der Waals surface area contributed by atoms with Crippen molar-refractivity contribution in [3.8, 4) is 17.6 Å². The maximum atomic E-state index is 11.6. The molecule has 21 heavy (non-hydrogen) atoms. The van der Waals surface area contributed by atoms with Gasteiger partial charge in [0.05, 0.1) is 12.7 Å². The number of rotatable bonds is 4. The van der Waals surface area contributed by atoms with Crippen molar-refractivity contribution in [1.82, 2.24) is 15.6 Å². The Morgan fingerprint density at radius 3 is 2.95 bits per heavy atom. The Bertz CT molecular complexity index is 487. The van der Waals surface area contributed by atoms with E-state index in [0.717, 1.165) is 12.8 Å². The molecule has 1 aliphatic carbocycles. The van der Waals surface area contributed by atoms with E-state index in [1.165, 1.54) is 19.3 Å². The monoisotopic (exact) mass is 287 g/mol. The molecule has 0 bridgehead atoms. The van der Waals surface area contributed by atoms with Crippen LogP contribution in [0.4, 0.5) is 4.79 Å². The summed E-state index contributed by atoms with van der Waals surface area (Å²) in [6.45, 7) is 0.618. The van der Waals surface area contributed by atoms with Gasteiger partial charge in [-0.25, -0.2) is 4.79 Å². The standard InChI is InChI=1S/C16H21N3O2/c20-16(19-14-7-2-1-3-8-14)18-11-4-5-12-21-15-9-6-10-17-13-15/h6,9-10,13-14H,1-3,7-8,11-12H2,(H2,18,19,20). The predicted molar refractivity (Wildman–Crippen MR) is 80.9 cm³/mol. The molecular formula is C16H21N3O2. The Kier molecular flexibility index (Phi) is 6.40. The van der Waals surface area contributed by atoms with Gasteiger partial charge in [-0.15, -0.1) is 0 Å². The van der Waals surface area contributed by atoms with Crippen molar-refractivity contribution in [1.29, 1.82) is 0 Å². The first kappa shape index (κ1) is 15.2. The maximum Gasteiger partial charge on any atom is 0.315 e. The van der Waals surface area contributed by atoms with Crippen LogP contribution in [-0.2, 0) is 0 Å². The lowest BCUT2D eigenvalue weighted by atomic mass is 9.96. The van der Waals surface area contributed by atoms with Crippen LogP contribution >= 0.6 is 0 Å². The topological polar surface area (TPSA) is 63.2 Å². The molecule has 0 saturated heterocycles. The number of aromatic nitrogens is 1. The Labute approximate surface area is 125 Å². The highest BCUT2D eigenvalue weighted by Crippen LogP contribution is 2.16. The van der Waals surface area contributed by atoms with Crippen molar-refractivity contribution in [2.45, 2.75) is 38.1 Å². The van der Waals surface area contributed by atoms with Crippen molar-refractivity contribution in [3.63, 3.8) is 0 Å². The molecule has 1 fully saturated rings. The average Bonchev–Trinajstić information content (AvgIpc) is 2.53. The third-order valence-electron chi connectivity index (χ3n) is 3.35. The Balaban J connectivity index is 1.56. The fraction of sp³-hybridized carbons (Fsp3) is 0.500. The number of nitrogens with one attached hydrogen (secondary N) is 2. The highest BCUT2D eigenvalue weighted by Gasteiger charge is 2.14. The SMILES string of the molecule is O=C(NCC#CCOc1cccnc1)NC1CCCCC1. The summed E-state index contributed by atoms with van der Waals surface area (Å²) in [7, 11) is 0. The molecule has 0 unspecified atom stereocenters. The first-order chi connectivity index (χ1) is 10.3. The number of carbonyl (C=O) groups excluding carboxylic acids is 1. The molecule has 2 rings (SSSR count). The van der Waals surface area contributed by atoms with Crippen LogP contribution in [0, 0.1) is 11.8 Å². The number of hydrogen-bond acceptors (Lipinski definition) is 3. The van der Waals surface area contributed by atoms with Crippen LogP contribution in [0.15, 0.2) is 24.5 Å². The molecule has 2 amide bonds. The smallest absolute Gasteiger partial charge is 0.315 e. The summed E-state index contributed by atoms with van der Waals surface area (Å²) < 4.78 is 5.37.